The van der Waals surface area contributed by atoms with E-state index in [9.17, 15) is 0 Å². The largest absolute Gasteiger partial charge is 0.130 e. The van der Waals surface area contributed by atoms with Gasteiger partial charge >= 0.3 is 0 Å². The normalized spacial score (nSPS) is 11.8. The molecule has 0 fully saturated rings. The van der Waals surface area contributed by atoms with Gasteiger partial charge in [0.25, 0.3) is 0 Å². The Morgan fingerprint density at radius 2 is 1.70 bits per heavy atom. The number of rotatable bonds is 1. The molecule has 0 aromatic heterocycles. The van der Waals surface area contributed by atoms with Crippen LogP contribution in [0.3, 0.4) is 0 Å². The van der Waals surface area contributed by atoms with E-state index in [0.717, 1.165) is 0 Å². The highest BCUT2D eigenvalue weighted by Crippen LogP contribution is 2.20. The molecule has 0 aliphatic carbocycles. The van der Waals surface area contributed by atoms with Crippen molar-refractivity contribution in [3.63, 3.8) is 0 Å². The Morgan fingerprint density at radius 3 is 2.00 bits per heavy atom. The number of hydrogen-bond donors (Lipinski definition) is 0. The topological polar surface area (TPSA) is 0 Å². The first-order valence-corrected chi connectivity index (χ1v) is 3.78. The van der Waals surface area contributed by atoms with Gasteiger partial charge in [0, 0.05) is 0 Å². The van der Waals surface area contributed by atoms with Crippen LogP contribution in [0.1, 0.15) is 18.1 Å². The third kappa shape index (κ3) is 2.81. The number of halogens is 1. The molecule has 0 N–H and O–H groups in total. The summed E-state index contributed by atoms with van der Waals surface area (Å²) in [7, 11) is 2.77. The van der Waals surface area contributed by atoms with Gasteiger partial charge in [-0.2, -0.15) is 0 Å². The molecule has 1 aromatic rings. The second-order valence-corrected chi connectivity index (χ2v) is 3.20. The molecule has 0 spiro atoms. The fraction of sp³-hybridized carbons (Fsp3) is 0.250. The second-order valence-electron chi connectivity index (χ2n) is 2.20. The van der Waals surface area contributed by atoms with Crippen LogP contribution in [0, 0.1) is 0 Å². The molecule has 0 saturated carbocycles. The average molecular weight is 219 g/mol. The van der Waals surface area contributed by atoms with Gasteiger partial charge in [0.2, 0.25) is 0 Å². The van der Waals surface area contributed by atoms with Gasteiger partial charge in [0.05, 0.1) is 0 Å². The molecule has 0 radical (unpaired) electrons. The minimum absolute atomic E-state index is 0. The van der Waals surface area contributed by atoms with Crippen LogP contribution in [0.4, 0.5) is 0 Å². The third-order valence-corrected chi connectivity index (χ3v) is 1.71. The van der Waals surface area contributed by atoms with Crippen molar-refractivity contribution < 1.29 is 0 Å². The van der Waals surface area contributed by atoms with Crippen LogP contribution in [-0.2, 0) is 0 Å². The highest BCUT2D eigenvalue weighted by Gasteiger charge is 1.93. The molecule has 2 heteroatoms. The monoisotopic (exact) mass is 218 g/mol. The highest BCUT2D eigenvalue weighted by molar-refractivity contribution is 8.93. The van der Waals surface area contributed by atoms with Crippen LogP contribution in [0.15, 0.2) is 30.3 Å². The lowest BCUT2D eigenvalue weighted by atomic mass is 10.2. The Morgan fingerprint density at radius 1 is 1.20 bits per heavy atom. The zero-order chi connectivity index (χ0) is 6.69. The van der Waals surface area contributed by atoms with E-state index >= 15 is 0 Å². The quantitative estimate of drug-likeness (QED) is 0.636. The Bertz CT molecular complexity index is 172. The van der Waals surface area contributed by atoms with E-state index < -0.39 is 0 Å². The van der Waals surface area contributed by atoms with E-state index in [-0.39, 0.29) is 17.0 Å². The lowest BCUT2D eigenvalue weighted by Gasteiger charge is -2.01. The summed E-state index contributed by atoms with van der Waals surface area (Å²) in [6.45, 7) is 2.17. The van der Waals surface area contributed by atoms with E-state index in [1.807, 2.05) is 6.07 Å². The van der Waals surface area contributed by atoms with Gasteiger partial charge in [-0.1, -0.05) is 37.3 Å². The van der Waals surface area contributed by atoms with Crippen molar-refractivity contribution in [3.8, 4) is 0 Å². The van der Waals surface area contributed by atoms with E-state index in [4.69, 9.17) is 0 Å². The Balaban J connectivity index is 0.000000810. The van der Waals surface area contributed by atoms with Crippen LogP contribution < -0.4 is 0 Å². The van der Waals surface area contributed by atoms with Crippen molar-refractivity contribution in [2.75, 3.05) is 0 Å². The summed E-state index contributed by atoms with van der Waals surface area (Å²) in [5.74, 6) is 0. The van der Waals surface area contributed by atoms with Gasteiger partial charge in [-0.15, -0.1) is 26.2 Å². The van der Waals surface area contributed by atoms with Gasteiger partial charge in [0.15, 0.2) is 0 Å². The molecular weight excluding hydrogens is 207 g/mol. The van der Waals surface area contributed by atoms with Crippen molar-refractivity contribution >= 4 is 26.2 Å². The summed E-state index contributed by atoms with van der Waals surface area (Å²) in [6.07, 6.45) is 0. The van der Waals surface area contributed by atoms with Gasteiger partial charge in [-0.25, -0.2) is 0 Å². The molecule has 0 aliphatic rings. The Hall–Kier alpha value is 0.130. The number of benzene rings is 1. The molecule has 0 saturated heterocycles. The van der Waals surface area contributed by atoms with E-state index in [1.54, 1.807) is 0 Å². The highest BCUT2D eigenvalue weighted by atomic mass is 79.9. The lowest BCUT2D eigenvalue weighted by Crippen LogP contribution is -1.79. The predicted molar refractivity (Wildman–Crippen MR) is 54.9 cm³/mol. The maximum Gasteiger partial charge on any atom is -0.00428 e. The molecule has 0 amide bonds. The second kappa shape index (κ2) is 4.87. The van der Waals surface area contributed by atoms with Crippen LogP contribution in [-0.4, -0.2) is 0 Å². The van der Waals surface area contributed by atoms with E-state index in [2.05, 4.69) is 40.4 Å². The molecule has 1 aromatic carbocycles. The molecule has 0 bridgehead atoms. The van der Waals surface area contributed by atoms with Crippen molar-refractivity contribution in [1.82, 2.24) is 0 Å². The van der Waals surface area contributed by atoms with Crippen LogP contribution in [0.2, 0.25) is 0 Å². The summed E-state index contributed by atoms with van der Waals surface area (Å²) in [5.41, 5.74) is 1.95. The first-order valence-electron chi connectivity index (χ1n) is 3.11. The minimum atomic E-state index is 0. The fourth-order valence-electron chi connectivity index (χ4n) is 0.757. The first-order chi connectivity index (χ1) is 4.30. The Kier molecular flexibility index (Phi) is 4.93. The minimum Gasteiger partial charge on any atom is -0.130 e. The fourth-order valence-corrected chi connectivity index (χ4v) is 0.979. The number of hydrogen-bond acceptors (Lipinski definition) is 0. The maximum atomic E-state index is 2.77. The van der Waals surface area contributed by atoms with E-state index in [0.29, 0.717) is 5.66 Å². The first kappa shape index (κ1) is 10.1. The average Bonchev–Trinajstić information content (AvgIpc) is 1.90. The summed E-state index contributed by atoms with van der Waals surface area (Å²) in [6, 6.07) is 10.4. The molecule has 0 heterocycles. The van der Waals surface area contributed by atoms with Crippen molar-refractivity contribution in [2.24, 2.45) is 0 Å². The van der Waals surface area contributed by atoms with Crippen LogP contribution >= 0.6 is 26.2 Å². The standard InChI is InChI=1S/C8H11P.BrH/c1-7(9)8-5-3-2-4-6-8;/h2-7H,9H2,1H3;1H. The lowest BCUT2D eigenvalue weighted by molar-refractivity contribution is 1.10. The van der Waals surface area contributed by atoms with Crippen LogP contribution in [0.25, 0.3) is 0 Å². The SMILES string of the molecule is Br.CC(P)c1ccccc1. The summed E-state index contributed by atoms with van der Waals surface area (Å²) >= 11 is 0. The van der Waals surface area contributed by atoms with Crippen molar-refractivity contribution in [3.05, 3.63) is 35.9 Å². The van der Waals surface area contributed by atoms with Crippen molar-refractivity contribution in [2.45, 2.75) is 12.6 Å². The van der Waals surface area contributed by atoms with Gasteiger partial charge < -0.3 is 0 Å². The van der Waals surface area contributed by atoms with Crippen molar-refractivity contribution in [1.29, 1.82) is 0 Å². The zero-order valence-electron chi connectivity index (χ0n) is 5.95. The van der Waals surface area contributed by atoms with E-state index in [1.165, 1.54) is 5.56 Å². The zero-order valence-corrected chi connectivity index (χ0v) is 8.82. The summed E-state index contributed by atoms with van der Waals surface area (Å²) < 4.78 is 0. The summed E-state index contributed by atoms with van der Waals surface area (Å²) in [5, 5.41) is 0. The molecular formula is C8H12BrP. The van der Waals surface area contributed by atoms with Gasteiger partial charge in [-0.3, -0.25) is 0 Å². The molecule has 0 aliphatic heterocycles. The Labute approximate surface area is 75.0 Å². The van der Waals surface area contributed by atoms with Gasteiger partial charge in [-0.05, 0) is 11.2 Å². The maximum absolute atomic E-state index is 2.77. The molecule has 2 atom stereocenters. The molecule has 1 rings (SSSR count). The molecule has 10 heavy (non-hydrogen) atoms. The third-order valence-electron chi connectivity index (χ3n) is 1.33. The molecule has 2 unspecified atom stereocenters. The van der Waals surface area contributed by atoms with Crippen LogP contribution in [0.5, 0.6) is 0 Å². The van der Waals surface area contributed by atoms with Gasteiger partial charge in [0.1, 0.15) is 0 Å². The smallest absolute Gasteiger partial charge is 0.00428 e. The molecule has 56 valence electrons. The summed E-state index contributed by atoms with van der Waals surface area (Å²) in [4.78, 5) is 0. The molecule has 0 nitrogen and oxygen atoms in total. The predicted octanol–water partition coefficient (Wildman–Crippen LogP) is 3.20.